The van der Waals surface area contributed by atoms with Crippen LogP contribution in [-0.2, 0) is 9.59 Å². The zero-order valence-electron chi connectivity index (χ0n) is 19.8. The fraction of sp³-hybridized carbons (Fsp3) is 0.370. The Bertz CT molecular complexity index is 1150. The van der Waals surface area contributed by atoms with Gasteiger partial charge in [0, 0.05) is 29.9 Å². The third-order valence-electron chi connectivity index (χ3n) is 5.95. The van der Waals surface area contributed by atoms with E-state index in [0.717, 1.165) is 35.3 Å². The normalized spacial score (nSPS) is 13.2. The highest BCUT2D eigenvalue weighted by Crippen LogP contribution is 2.31. The molecule has 1 fully saturated rings. The van der Waals surface area contributed by atoms with Gasteiger partial charge in [0.15, 0.2) is 0 Å². The maximum absolute atomic E-state index is 13.0. The summed E-state index contributed by atoms with van der Waals surface area (Å²) in [6.07, 6.45) is 3.79. The Morgan fingerprint density at radius 1 is 1.09 bits per heavy atom. The van der Waals surface area contributed by atoms with Crippen LogP contribution in [0.3, 0.4) is 0 Å². The molecule has 1 heterocycles. The largest absolute Gasteiger partial charge is 0.333 e. The molecule has 2 amide bonds. The molecule has 0 radical (unpaired) electrons. The molecule has 33 heavy (non-hydrogen) atoms. The van der Waals surface area contributed by atoms with Crippen LogP contribution in [0, 0.1) is 25.7 Å². The van der Waals surface area contributed by atoms with Gasteiger partial charge >= 0.3 is 0 Å². The van der Waals surface area contributed by atoms with Crippen molar-refractivity contribution in [2.45, 2.75) is 40.5 Å². The second-order valence-electron chi connectivity index (χ2n) is 9.39. The van der Waals surface area contributed by atoms with Crippen LogP contribution in [0.2, 0.25) is 0 Å². The minimum absolute atomic E-state index is 0.0357. The van der Waals surface area contributed by atoms with Crippen molar-refractivity contribution in [1.29, 1.82) is 0 Å². The highest BCUT2D eigenvalue weighted by atomic mass is 16.2. The van der Waals surface area contributed by atoms with Gasteiger partial charge in [0.05, 0.1) is 12.2 Å². The van der Waals surface area contributed by atoms with Gasteiger partial charge in [0.25, 0.3) is 0 Å². The number of aryl methyl sites for hydroxylation is 2. The number of amides is 2. The quantitative estimate of drug-likeness (QED) is 0.532. The Balaban J connectivity index is 1.62. The van der Waals surface area contributed by atoms with E-state index >= 15 is 0 Å². The Kier molecular flexibility index (Phi) is 6.63. The van der Waals surface area contributed by atoms with E-state index in [-0.39, 0.29) is 24.3 Å². The number of imidazole rings is 1. The molecule has 0 spiro atoms. The number of carbonyl (C=O) groups excluding carboxylic acids is 2. The van der Waals surface area contributed by atoms with Crippen LogP contribution in [0.15, 0.2) is 54.7 Å². The molecule has 3 aromatic rings. The number of hydrogen-bond donors (Lipinski definition) is 1. The van der Waals surface area contributed by atoms with Crippen LogP contribution in [0.1, 0.15) is 37.8 Å². The van der Waals surface area contributed by atoms with Gasteiger partial charge < -0.3 is 4.90 Å². The molecule has 4 rings (SSSR count). The monoisotopic (exact) mass is 444 g/mol. The number of nitrogens with one attached hydrogen (secondary N) is 1. The second kappa shape index (κ2) is 9.61. The Morgan fingerprint density at radius 2 is 1.82 bits per heavy atom. The summed E-state index contributed by atoms with van der Waals surface area (Å²) in [5.74, 6) is 0.674. The van der Waals surface area contributed by atoms with Crippen LogP contribution in [-0.4, -0.2) is 39.4 Å². The second-order valence-corrected chi connectivity index (χ2v) is 9.39. The summed E-state index contributed by atoms with van der Waals surface area (Å²) in [6, 6.07) is 16.1. The van der Waals surface area contributed by atoms with Gasteiger partial charge in [0.2, 0.25) is 17.8 Å². The maximum atomic E-state index is 13.0. The number of anilines is 1. The third kappa shape index (κ3) is 5.51. The van der Waals surface area contributed by atoms with E-state index in [4.69, 9.17) is 4.98 Å². The molecule has 6 heteroatoms. The summed E-state index contributed by atoms with van der Waals surface area (Å²) in [5, 5.41) is 2.97. The molecule has 0 aliphatic heterocycles. The van der Waals surface area contributed by atoms with E-state index < -0.39 is 0 Å². The molecular weight excluding hydrogens is 412 g/mol. The first-order valence-electron chi connectivity index (χ1n) is 11.6. The number of nitrogens with zero attached hydrogens (tertiary/aromatic N) is 3. The van der Waals surface area contributed by atoms with Crippen LogP contribution in [0.25, 0.3) is 16.9 Å². The van der Waals surface area contributed by atoms with Crippen molar-refractivity contribution in [3.8, 4) is 16.9 Å². The van der Waals surface area contributed by atoms with Crippen molar-refractivity contribution in [3.05, 3.63) is 65.9 Å². The van der Waals surface area contributed by atoms with Crippen molar-refractivity contribution in [1.82, 2.24) is 14.5 Å². The third-order valence-corrected chi connectivity index (χ3v) is 5.95. The molecule has 0 unspecified atom stereocenters. The molecule has 1 N–H and O–H groups in total. The molecule has 0 atom stereocenters. The van der Waals surface area contributed by atoms with Crippen molar-refractivity contribution < 1.29 is 9.59 Å². The van der Waals surface area contributed by atoms with Crippen molar-refractivity contribution in [2.24, 2.45) is 11.8 Å². The molecule has 1 aliphatic rings. The van der Waals surface area contributed by atoms with Crippen molar-refractivity contribution in [2.75, 3.05) is 18.4 Å². The first-order chi connectivity index (χ1) is 15.8. The van der Waals surface area contributed by atoms with Gasteiger partial charge in [-0.15, -0.1) is 0 Å². The zero-order valence-corrected chi connectivity index (χ0v) is 19.8. The summed E-state index contributed by atoms with van der Waals surface area (Å²) in [5.41, 5.74) is 5.04. The Labute approximate surface area is 195 Å². The summed E-state index contributed by atoms with van der Waals surface area (Å²) in [6.45, 7) is 8.87. The first-order valence-corrected chi connectivity index (χ1v) is 11.6. The van der Waals surface area contributed by atoms with Gasteiger partial charge in [-0.25, -0.2) is 4.98 Å². The highest BCUT2D eigenvalue weighted by Gasteiger charge is 2.34. The first kappa shape index (κ1) is 22.8. The lowest BCUT2D eigenvalue weighted by molar-refractivity contribution is -0.136. The van der Waals surface area contributed by atoms with Crippen LogP contribution < -0.4 is 5.32 Å². The van der Waals surface area contributed by atoms with E-state index in [0.29, 0.717) is 18.4 Å². The van der Waals surface area contributed by atoms with Crippen molar-refractivity contribution in [3.63, 3.8) is 0 Å². The molecule has 1 aliphatic carbocycles. The van der Waals surface area contributed by atoms with Gasteiger partial charge in [-0.05, 0) is 55.9 Å². The molecule has 172 valence electrons. The summed E-state index contributed by atoms with van der Waals surface area (Å²) < 4.78 is 1.90. The fourth-order valence-electron chi connectivity index (χ4n) is 3.89. The molecule has 0 bridgehead atoms. The number of carbonyl (C=O) groups is 2. The average Bonchev–Trinajstić information content (AvgIpc) is 3.55. The minimum Gasteiger partial charge on any atom is -0.333 e. The van der Waals surface area contributed by atoms with Crippen LogP contribution in [0.5, 0.6) is 0 Å². The number of benzene rings is 2. The van der Waals surface area contributed by atoms with Crippen LogP contribution >= 0.6 is 0 Å². The average molecular weight is 445 g/mol. The molecule has 2 aromatic carbocycles. The fourth-order valence-corrected chi connectivity index (χ4v) is 3.89. The van der Waals surface area contributed by atoms with Gasteiger partial charge in [-0.2, -0.15) is 0 Å². The molecule has 6 nitrogen and oxygen atoms in total. The lowest BCUT2D eigenvalue weighted by atomic mass is 10.1. The Hall–Kier alpha value is -3.41. The SMILES string of the molecule is Cc1ccc(-n2cc(-c3ccccc3)nc2NC(=O)CN(CC(C)C)C(=O)C2CC2)cc1C. The number of aromatic nitrogens is 2. The van der Waals surface area contributed by atoms with E-state index in [1.807, 2.05) is 47.2 Å². The van der Waals surface area contributed by atoms with E-state index in [9.17, 15) is 9.59 Å². The molecular formula is C27H32N4O2. The zero-order chi connectivity index (χ0) is 23.5. The van der Waals surface area contributed by atoms with E-state index in [2.05, 4.69) is 45.1 Å². The highest BCUT2D eigenvalue weighted by molar-refractivity contribution is 5.94. The summed E-state index contributed by atoms with van der Waals surface area (Å²) in [7, 11) is 0. The van der Waals surface area contributed by atoms with Crippen molar-refractivity contribution >= 4 is 17.8 Å². The predicted octanol–water partition coefficient (Wildman–Crippen LogP) is 4.99. The molecule has 0 saturated heterocycles. The standard InChI is InChI=1S/C27H32N4O2/c1-18(2)15-30(26(33)22-11-12-22)17-25(32)29-27-28-24(21-8-6-5-7-9-21)16-31(27)23-13-10-19(3)20(4)14-23/h5-10,13-14,16,18,22H,11-12,15,17H2,1-4H3,(H,28,29,32). The maximum Gasteiger partial charge on any atom is 0.246 e. The lowest BCUT2D eigenvalue weighted by Gasteiger charge is -2.24. The summed E-state index contributed by atoms with van der Waals surface area (Å²) in [4.78, 5) is 32.2. The molecule has 1 saturated carbocycles. The topological polar surface area (TPSA) is 67.2 Å². The summed E-state index contributed by atoms with van der Waals surface area (Å²) >= 11 is 0. The molecule has 1 aromatic heterocycles. The van der Waals surface area contributed by atoms with Gasteiger partial charge in [0.1, 0.15) is 0 Å². The lowest BCUT2D eigenvalue weighted by Crippen LogP contribution is -2.41. The number of rotatable bonds is 8. The van der Waals surface area contributed by atoms with E-state index in [1.54, 1.807) is 4.90 Å². The van der Waals surface area contributed by atoms with E-state index in [1.165, 1.54) is 5.56 Å². The predicted molar refractivity (Wildman–Crippen MR) is 131 cm³/mol. The minimum atomic E-state index is -0.236. The van der Waals surface area contributed by atoms with Gasteiger partial charge in [-0.3, -0.25) is 19.5 Å². The van der Waals surface area contributed by atoms with Crippen LogP contribution in [0.4, 0.5) is 5.95 Å². The number of hydrogen-bond acceptors (Lipinski definition) is 3. The smallest absolute Gasteiger partial charge is 0.246 e. The van der Waals surface area contributed by atoms with Gasteiger partial charge in [-0.1, -0.05) is 50.2 Å². The Morgan fingerprint density at radius 3 is 2.45 bits per heavy atom.